The first kappa shape index (κ1) is 19.2. The van der Waals surface area contributed by atoms with E-state index in [-0.39, 0.29) is 41.6 Å². The smallest absolute Gasteiger partial charge is 0.342 e. The number of hydrogen-bond acceptors (Lipinski definition) is 5. The third kappa shape index (κ3) is 2.20. The van der Waals surface area contributed by atoms with Crippen molar-refractivity contribution < 1.29 is 19.0 Å². The molecule has 0 spiro atoms. The van der Waals surface area contributed by atoms with Crippen LogP contribution in [0.4, 0.5) is 4.39 Å². The second-order valence-electron chi connectivity index (χ2n) is 8.93. The van der Waals surface area contributed by atoms with Crippen LogP contribution in [0.3, 0.4) is 0 Å². The molecule has 0 saturated carbocycles. The number of hydrogen-bond donors (Lipinski definition) is 1. The van der Waals surface area contributed by atoms with Gasteiger partial charge in [0.1, 0.15) is 12.4 Å². The lowest BCUT2D eigenvalue weighted by Crippen LogP contribution is -2.42. The third-order valence-electron chi connectivity index (χ3n) is 7.21. The number of carbonyl (C=O) groups is 1. The normalized spacial score (nSPS) is 22.7. The van der Waals surface area contributed by atoms with Gasteiger partial charge in [0.25, 0.3) is 5.56 Å². The van der Waals surface area contributed by atoms with Crippen LogP contribution in [-0.4, -0.2) is 20.6 Å². The summed E-state index contributed by atoms with van der Waals surface area (Å²) in [5.74, 6) is 1.58. The van der Waals surface area contributed by atoms with Crippen LogP contribution in [0.1, 0.15) is 52.6 Å². The maximum absolute atomic E-state index is 14.7. The van der Waals surface area contributed by atoms with Gasteiger partial charge in [0.2, 0.25) is 0 Å². The van der Waals surface area contributed by atoms with Gasteiger partial charge in [-0.15, -0.1) is 6.42 Å². The van der Waals surface area contributed by atoms with Crippen molar-refractivity contribution in [3.8, 4) is 23.7 Å². The lowest BCUT2D eigenvalue weighted by atomic mass is 9.78. The van der Waals surface area contributed by atoms with Gasteiger partial charge in [0.15, 0.2) is 5.60 Å². The van der Waals surface area contributed by atoms with E-state index in [0.29, 0.717) is 35.3 Å². The van der Waals surface area contributed by atoms with E-state index in [1.165, 1.54) is 13.0 Å². The molecule has 0 fully saturated rings. The Morgan fingerprint density at radius 2 is 2.09 bits per heavy atom. The van der Waals surface area contributed by atoms with Crippen molar-refractivity contribution in [2.45, 2.75) is 51.4 Å². The second-order valence-corrected chi connectivity index (χ2v) is 8.93. The third-order valence-corrected chi connectivity index (χ3v) is 7.21. The van der Waals surface area contributed by atoms with E-state index < -0.39 is 11.6 Å². The molecule has 2 aromatic heterocycles. The van der Waals surface area contributed by atoms with Crippen LogP contribution in [0.15, 0.2) is 16.9 Å². The summed E-state index contributed by atoms with van der Waals surface area (Å²) >= 11 is 0. The number of carbonyl (C=O) groups excluding carboxylic acids is 1. The molecule has 4 heterocycles. The van der Waals surface area contributed by atoms with Crippen LogP contribution in [-0.2, 0) is 34.7 Å². The van der Waals surface area contributed by atoms with E-state index >= 15 is 0 Å². The quantitative estimate of drug-likeness (QED) is 0.343. The van der Waals surface area contributed by atoms with E-state index in [1.807, 2.05) is 0 Å². The number of cyclic esters (lactones) is 1. The lowest BCUT2D eigenvalue weighted by molar-refractivity contribution is -0.169. The molecule has 6 rings (SSSR count). The van der Waals surface area contributed by atoms with Gasteiger partial charge in [0, 0.05) is 28.5 Å². The Bertz CT molecular complexity index is 1510. The number of benzene rings is 1. The summed E-state index contributed by atoms with van der Waals surface area (Å²) in [6.45, 7) is 3.17. The number of ether oxygens (including phenoxy) is 1. The highest BCUT2D eigenvalue weighted by Gasteiger charge is 2.43. The Morgan fingerprint density at radius 3 is 2.84 bits per heavy atom. The van der Waals surface area contributed by atoms with Crippen molar-refractivity contribution in [1.82, 2.24) is 9.55 Å². The van der Waals surface area contributed by atoms with Crippen molar-refractivity contribution in [1.29, 1.82) is 0 Å². The van der Waals surface area contributed by atoms with Gasteiger partial charge in [-0.1, -0.05) is 5.92 Å². The van der Waals surface area contributed by atoms with Gasteiger partial charge in [0.05, 0.1) is 29.0 Å². The van der Waals surface area contributed by atoms with E-state index in [9.17, 15) is 19.1 Å². The van der Waals surface area contributed by atoms with Gasteiger partial charge >= 0.3 is 5.97 Å². The Morgan fingerprint density at radius 1 is 1.31 bits per heavy atom. The molecule has 2 aliphatic heterocycles. The summed E-state index contributed by atoms with van der Waals surface area (Å²) in [7, 11) is 0. The number of fused-ring (bicyclic) bond motifs is 5. The number of aryl methyl sites for hydroxylation is 1. The van der Waals surface area contributed by atoms with Crippen molar-refractivity contribution in [3.05, 3.63) is 61.7 Å². The van der Waals surface area contributed by atoms with Gasteiger partial charge in [-0.25, -0.2) is 14.2 Å². The molecule has 1 N–H and O–H groups in total. The van der Waals surface area contributed by atoms with Crippen molar-refractivity contribution in [2.24, 2.45) is 0 Å². The minimum absolute atomic E-state index is 0.167. The molecule has 6 nitrogen and oxygen atoms in total. The molecule has 32 heavy (non-hydrogen) atoms. The molecule has 160 valence electrons. The van der Waals surface area contributed by atoms with Crippen LogP contribution >= 0.6 is 0 Å². The molecule has 0 bridgehead atoms. The summed E-state index contributed by atoms with van der Waals surface area (Å²) in [6.07, 6.45) is 7.25. The summed E-state index contributed by atoms with van der Waals surface area (Å²) in [4.78, 5) is 30.2. The monoisotopic (exact) mass is 430 g/mol. The fraction of sp³-hybridized carbons (Fsp3) is 0.320. The Kier molecular flexibility index (Phi) is 3.63. The Hall–Kier alpha value is -3.50. The molecule has 3 aromatic rings. The van der Waals surface area contributed by atoms with Gasteiger partial charge < -0.3 is 14.4 Å². The molecule has 1 aliphatic carbocycles. The highest BCUT2D eigenvalue weighted by molar-refractivity contribution is 5.93. The first-order chi connectivity index (χ1) is 15.2. The first-order valence-corrected chi connectivity index (χ1v) is 10.5. The Balaban J connectivity index is 1.72. The average molecular weight is 430 g/mol. The van der Waals surface area contributed by atoms with Crippen LogP contribution in [0.25, 0.3) is 22.3 Å². The van der Waals surface area contributed by atoms with E-state index in [1.54, 1.807) is 17.6 Å². The molecule has 0 saturated heterocycles. The zero-order chi connectivity index (χ0) is 22.5. The number of nitrogens with zero attached hydrogens (tertiary/aromatic N) is 2. The summed E-state index contributed by atoms with van der Waals surface area (Å²) in [6, 6.07) is 3.05. The van der Waals surface area contributed by atoms with Crippen LogP contribution < -0.4 is 5.56 Å². The standard InChI is InChI=1S/C25H19FN2O4/c1-4-12-5-6-13-11(2)17(26)8-18-21(13)20(12)14-9-28-19(22(14)27-18)7-16-15(23(28)29)10-32-24(30)25(16,3)31/h1,7-8,12,31H,5-6,9-10H2,2-3H3. The Labute approximate surface area is 182 Å². The first-order valence-electron chi connectivity index (χ1n) is 10.5. The summed E-state index contributed by atoms with van der Waals surface area (Å²) in [5, 5.41) is 11.6. The molecule has 7 heteroatoms. The average Bonchev–Trinajstić information content (AvgIpc) is 3.14. The maximum atomic E-state index is 14.7. The molecule has 3 aliphatic rings. The van der Waals surface area contributed by atoms with Crippen LogP contribution in [0, 0.1) is 25.1 Å². The molecular weight excluding hydrogens is 411 g/mol. The number of terminal acetylenes is 1. The topological polar surface area (TPSA) is 81.4 Å². The molecular formula is C25H19FN2O4. The molecule has 0 radical (unpaired) electrons. The van der Waals surface area contributed by atoms with Crippen LogP contribution in [0.2, 0.25) is 0 Å². The predicted octanol–water partition coefficient (Wildman–Crippen LogP) is 2.80. The number of pyridine rings is 2. The van der Waals surface area contributed by atoms with Crippen LogP contribution in [0.5, 0.6) is 0 Å². The highest BCUT2D eigenvalue weighted by Crippen LogP contribution is 2.46. The maximum Gasteiger partial charge on any atom is 0.342 e. The largest absolute Gasteiger partial charge is 0.458 e. The van der Waals surface area contributed by atoms with Crippen molar-refractivity contribution in [2.75, 3.05) is 0 Å². The number of rotatable bonds is 0. The minimum atomic E-state index is -1.94. The SMILES string of the molecule is C#CC1CCc2c(C)c(F)cc3nc4c(c1c23)Cn1c-4cc2c(c1=O)COC(=O)C2(C)O. The molecule has 2 unspecified atom stereocenters. The van der Waals surface area contributed by atoms with Gasteiger partial charge in [-0.2, -0.15) is 0 Å². The molecule has 1 aromatic carbocycles. The fourth-order valence-electron chi connectivity index (χ4n) is 5.47. The highest BCUT2D eigenvalue weighted by atomic mass is 19.1. The number of halogens is 1. The number of aromatic nitrogens is 2. The number of esters is 1. The summed E-state index contributed by atoms with van der Waals surface area (Å²) in [5.41, 5.74) is 3.02. The van der Waals surface area contributed by atoms with E-state index in [2.05, 4.69) is 5.92 Å². The van der Waals surface area contributed by atoms with Crippen molar-refractivity contribution >= 4 is 16.9 Å². The van der Waals surface area contributed by atoms with Gasteiger partial charge in [-0.3, -0.25) is 4.79 Å². The lowest BCUT2D eigenvalue weighted by Gasteiger charge is -2.29. The van der Waals surface area contributed by atoms with E-state index in [0.717, 1.165) is 22.1 Å². The van der Waals surface area contributed by atoms with Crippen molar-refractivity contribution in [3.63, 3.8) is 0 Å². The molecule has 0 amide bonds. The second kappa shape index (κ2) is 6.05. The minimum Gasteiger partial charge on any atom is -0.458 e. The predicted molar refractivity (Wildman–Crippen MR) is 114 cm³/mol. The zero-order valence-electron chi connectivity index (χ0n) is 17.6. The summed E-state index contributed by atoms with van der Waals surface area (Å²) < 4.78 is 21.3. The zero-order valence-corrected chi connectivity index (χ0v) is 17.6. The van der Waals surface area contributed by atoms with Gasteiger partial charge in [-0.05, 0) is 49.4 Å². The number of aliphatic hydroxyl groups is 1. The fourth-order valence-corrected chi connectivity index (χ4v) is 5.47. The van der Waals surface area contributed by atoms with E-state index in [4.69, 9.17) is 16.1 Å². The molecule has 2 atom stereocenters.